The van der Waals surface area contributed by atoms with E-state index in [1.54, 1.807) is 0 Å². The van der Waals surface area contributed by atoms with Gasteiger partial charge in [0.2, 0.25) is 11.4 Å². The molecule has 2 rings (SSSR count). The Balaban J connectivity index is 2.86. The molecule has 0 aliphatic carbocycles. The van der Waals surface area contributed by atoms with Crippen molar-refractivity contribution in [3.8, 4) is 11.1 Å². The normalized spacial score (nSPS) is 10.8. The third kappa shape index (κ3) is 2.00. The second kappa shape index (κ2) is 4.49. The van der Waals surface area contributed by atoms with Crippen molar-refractivity contribution in [3.05, 3.63) is 57.3 Å². The zero-order valence-electron chi connectivity index (χ0n) is 9.45. The van der Waals surface area contributed by atoms with Crippen LogP contribution in [0.4, 0.5) is 22.0 Å². The van der Waals surface area contributed by atoms with Crippen LogP contribution in [0, 0.1) is 36.0 Å². The first-order chi connectivity index (χ1) is 8.84. The summed E-state index contributed by atoms with van der Waals surface area (Å²) in [6.07, 6.45) is 0. The molecule has 2 aromatic rings. The van der Waals surface area contributed by atoms with Crippen LogP contribution in [0.2, 0.25) is 0 Å². The van der Waals surface area contributed by atoms with Crippen molar-refractivity contribution in [3.63, 3.8) is 0 Å². The van der Waals surface area contributed by atoms with Gasteiger partial charge in [0.1, 0.15) is 0 Å². The van der Waals surface area contributed by atoms with Crippen LogP contribution in [-0.4, -0.2) is 4.98 Å². The minimum Gasteiger partial charge on any atom is -0.326 e. The predicted octanol–water partition coefficient (Wildman–Crippen LogP) is 3.05. The Morgan fingerprint density at radius 2 is 1.32 bits per heavy atom. The van der Waals surface area contributed by atoms with Crippen molar-refractivity contribution in [1.82, 2.24) is 4.98 Å². The van der Waals surface area contributed by atoms with E-state index in [9.17, 15) is 26.7 Å². The van der Waals surface area contributed by atoms with Crippen molar-refractivity contribution in [2.45, 2.75) is 6.92 Å². The van der Waals surface area contributed by atoms with E-state index in [-0.39, 0.29) is 11.3 Å². The minimum atomic E-state index is -2.22. The summed E-state index contributed by atoms with van der Waals surface area (Å²) in [7, 11) is 0. The van der Waals surface area contributed by atoms with Crippen molar-refractivity contribution >= 4 is 0 Å². The van der Waals surface area contributed by atoms with E-state index < -0.39 is 40.2 Å². The van der Waals surface area contributed by atoms with Crippen molar-refractivity contribution in [2.24, 2.45) is 0 Å². The molecule has 2 nitrogen and oxygen atoms in total. The number of nitrogens with one attached hydrogen (secondary N) is 1. The van der Waals surface area contributed by atoms with Crippen molar-refractivity contribution < 1.29 is 22.0 Å². The van der Waals surface area contributed by atoms with Crippen LogP contribution >= 0.6 is 0 Å². The van der Waals surface area contributed by atoms with Gasteiger partial charge in [0, 0.05) is 17.3 Å². The van der Waals surface area contributed by atoms with E-state index in [0.717, 1.165) is 12.1 Å². The number of pyridine rings is 1. The van der Waals surface area contributed by atoms with Crippen LogP contribution in [0.3, 0.4) is 0 Å². The molecule has 0 aliphatic rings. The predicted molar refractivity (Wildman–Crippen MR) is 57.0 cm³/mol. The SMILES string of the molecule is Cc1[nH]c(=O)ccc1-c1c(F)c(F)c(F)c(F)c1F. The quantitative estimate of drug-likeness (QED) is 0.484. The third-order valence-corrected chi connectivity index (χ3v) is 2.60. The number of rotatable bonds is 1. The molecule has 0 spiro atoms. The van der Waals surface area contributed by atoms with Gasteiger partial charge in [0.05, 0.1) is 5.56 Å². The number of aromatic nitrogens is 1. The van der Waals surface area contributed by atoms with Gasteiger partial charge in [-0.05, 0) is 13.0 Å². The summed E-state index contributed by atoms with van der Waals surface area (Å²) < 4.78 is 66.1. The molecule has 0 aliphatic heterocycles. The van der Waals surface area contributed by atoms with Gasteiger partial charge in [-0.1, -0.05) is 0 Å². The Morgan fingerprint density at radius 1 is 0.842 bits per heavy atom. The fraction of sp³-hybridized carbons (Fsp3) is 0.0833. The smallest absolute Gasteiger partial charge is 0.248 e. The molecule has 0 amide bonds. The Labute approximate surface area is 103 Å². The van der Waals surface area contributed by atoms with E-state index in [1.165, 1.54) is 6.92 Å². The Bertz CT molecular complexity index is 694. The molecule has 1 heterocycles. The third-order valence-electron chi connectivity index (χ3n) is 2.60. The molecule has 7 heteroatoms. The highest BCUT2D eigenvalue weighted by atomic mass is 19.2. The first-order valence-electron chi connectivity index (χ1n) is 5.06. The summed E-state index contributed by atoms with van der Waals surface area (Å²) >= 11 is 0. The average molecular weight is 275 g/mol. The Hall–Kier alpha value is -2.18. The van der Waals surface area contributed by atoms with Gasteiger partial charge in [0.15, 0.2) is 23.3 Å². The monoisotopic (exact) mass is 275 g/mol. The van der Waals surface area contributed by atoms with Crippen LogP contribution in [0.1, 0.15) is 5.69 Å². The molecule has 1 N–H and O–H groups in total. The summed E-state index contributed by atoms with van der Waals surface area (Å²) in [5.41, 5.74) is -1.89. The fourth-order valence-electron chi connectivity index (χ4n) is 1.69. The Kier molecular flexibility index (Phi) is 3.13. The molecule has 1 aromatic heterocycles. The summed E-state index contributed by atoms with van der Waals surface area (Å²) in [5.74, 6) is -10.2. The van der Waals surface area contributed by atoms with Crippen LogP contribution in [0.15, 0.2) is 16.9 Å². The van der Waals surface area contributed by atoms with Crippen molar-refractivity contribution in [2.75, 3.05) is 0 Å². The molecule has 0 fully saturated rings. The number of H-pyrrole nitrogens is 1. The zero-order chi connectivity index (χ0) is 14.3. The lowest BCUT2D eigenvalue weighted by Crippen LogP contribution is -2.09. The largest absolute Gasteiger partial charge is 0.326 e. The highest BCUT2D eigenvalue weighted by molar-refractivity contribution is 5.67. The lowest BCUT2D eigenvalue weighted by Gasteiger charge is -2.10. The summed E-state index contributed by atoms with van der Waals surface area (Å²) in [4.78, 5) is 13.2. The molecule has 19 heavy (non-hydrogen) atoms. The van der Waals surface area contributed by atoms with Gasteiger partial charge in [-0.2, -0.15) is 0 Å². The number of benzene rings is 1. The summed E-state index contributed by atoms with van der Waals surface area (Å²) in [6, 6.07) is 1.92. The van der Waals surface area contributed by atoms with E-state index in [1.807, 2.05) is 0 Å². The summed E-state index contributed by atoms with van der Waals surface area (Å²) in [6.45, 7) is 1.29. The first-order valence-corrected chi connectivity index (χ1v) is 5.06. The maximum atomic E-state index is 13.6. The molecule has 0 atom stereocenters. The topological polar surface area (TPSA) is 32.9 Å². The molecule has 0 unspecified atom stereocenters. The number of hydrogen-bond donors (Lipinski definition) is 1. The highest BCUT2D eigenvalue weighted by Crippen LogP contribution is 2.32. The first kappa shape index (κ1) is 13.3. The maximum Gasteiger partial charge on any atom is 0.248 e. The second-order valence-corrected chi connectivity index (χ2v) is 3.81. The molecule has 1 aromatic carbocycles. The van der Waals surface area contributed by atoms with Gasteiger partial charge in [0.25, 0.3) is 0 Å². The van der Waals surface area contributed by atoms with Gasteiger partial charge >= 0.3 is 0 Å². The molecule has 0 bridgehead atoms. The Morgan fingerprint density at radius 3 is 1.79 bits per heavy atom. The van der Waals surface area contributed by atoms with E-state index >= 15 is 0 Å². The van der Waals surface area contributed by atoms with Crippen molar-refractivity contribution in [1.29, 1.82) is 0 Å². The lowest BCUT2D eigenvalue weighted by atomic mass is 10.0. The number of halogens is 5. The van der Waals surface area contributed by atoms with Gasteiger partial charge in [-0.3, -0.25) is 4.79 Å². The van der Waals surface area contributed by atoms with E-state index in [2.05, 4.69) is 4.98 Å². The van der Waals surface area contributed by atoms with Crippen LogP contribution in [-0.2, 0) is 0 Å². The van der Waals surface area contributed by atoms with Crippen LogP contribution in [0.25, 0.3) is 11.1 Å². The van der Waals surface area contributed by atoms with Gasteiger partial charge in [-0.25, -0.2) is 22.0 Å². The summed E-state index contributed by atoms with van der Waals surface area (Å²) in [5, 5.41) is 0. The molecule has 0 saturated carbocycles. The molecule has 0 radical (unpaired) electrons. The van der Waals surface area contributed by atoms with Crippen LogP contribution in [0.5, 0.6) is 0 Å². The standard InChI is InChI=1S/C12H6F5NO/c1-4-5(2-3-6(19)18-4)7-8(13)10(15)12(17)11(16)9(7)14/h2-3H,1H3,(H,18,19). The molecule has 100 valence electrons. The number of aryl methyl sites for hydroxylation is 1. The van der Waals surface area contributed by atoms with E-state index in [4.69, 9.17) is 0 Å². The number of aromatic amines is 1. The average Bonchev–Trinajstić information content (AvgIpc) is 2.37. The minimum absolute atomic E-state index is 0.00397. The second-order valence-electron chi connectivity index (χ2n) is 3.81. The number of hydrogen-bond acceptors (Lipinski definition) is 1. The fourth-order valence-corrected chi connectivity index (χ4v) is 1.69. The van der Waals surface area contributed by atoms with Gasteiger partial charge in [-0.15, -0.1) is 0 Å². The van der Waals surface area contributed by atoms with Crippen LogP contribution < -0.4 is 5.56 Å². The maximum absolute atomic E-state index is 13.6. The van der Waals surface area contributed by atoms with E-state index in [0.29, 0.717) is 0 Å². The molecule has 0 saturated heterocycles. The molecular formula is C12H6F5NO. The zero-order valence-corrected chi connectivity index (χ0v) is 9.45. The highest BCUT2D eigenvalue weighted by Gasteiger charge is 2.27. The van der Waals surface area contributed by atoms with Gasteiger partial charge < -0.3 is 4.98 Å². The molecular weight excluding hydrogens is 269 g/mol. The lowest BCUT2D eigenvalue weighted by molar-refractivity contribution is 0.381.